The van der Waals surface area contributed by atoms with Crippen molar-refractivity contribution in [3.63, 3.8) is 0 Å². The number of ether oxygens (including phenoxy) is 1. The van der Waals surface area contributed by atoms with Gasteiger partial charge in [0, 0.05) is 12.0 Å². The van der Waals surface area contributed by atoms with Gasteiger partial charge in [0.25, 0.3) is 0 Å². The number of hydrogen-bond donors (Lipinski definition) is 1. The van der Waals surface area contributed by atoms with E-state index in [0.717, 1.165) is 18.6 Å². The van der Waals surface area contributed by atoms with Crippen molar-refractivity contribution in [2.24, 2.45) is 0 Å². The Bertz CT molecular complexity index is 469. The van der Waals surface area contributed by atoms with Gasteiger partial charge in [0.15, 0.2) is 0 Å². The van der Waals surface area contributed by atoms with E-state index in [1.165, 1.54) is 5.56 Å². The van der Waals surface area contributed by atoms with Crippen molar-refractivity contribution in [1.29, 1.82) is 0 Å². The fourth-order valence-corrected chi connectivity index (χ4v) is 2.11. The van der Waals surface area contributed by atoms with Crippen LogP contribution in [-0.4, -0.2) is 18.1 Å². The molecule has 0 unspecified atom stereocenters. The number of amides is 1. The first-order valence-corrected chi connectivity index (χ1v) is 8.18. The molecule has 0 radical (unpaired) electrons. The molecule has 0 aliphatic carbocycles. The van der Waals surface area contributed by atoms with Gasteiger partial charge >= 0.3 is 0 Å². The van der Waals surface area contributed by atoms with Gasteiger partial charge in [-0.1, -0.05) is 32.9 Å². The quantitative estimate of drug-likeness (QED) is 0.756. The summed E-state index contributed by atoms with van der Waals surface area (Å²) in [7, 11) is 0. The molecule has 22 heavy (non-hydrogen) atoms. The number of nitrogens with one attached hydrogen (secondary N) is 1. The van der Waals surface area contributed by atoms with Crippen LogP contribution in [0.5, 0.6) is 5.75 Å². The Kier molecular flexibility index (Phi) is 6.46. The average Bonchev–Trinajstić information content (AvgIpc) is 2.42. The van der Waals surface area contributed by atoms with E-state index in [9.17, 15) is 4.79 Å². The van der Waals surface area contributed by atoms with E-state index in [1.54, 1.807) is 0 Å². The van der Waals surface area contributed by atoms with Gasteiger partial charge in [-0.25, -0.2) is 0 Å². The molecule has 0 fully saturated rings. The summed E-state index contributed by atoms with van der Waals surface area (Å²) in [6.07, 6.45) is 2.33. The molecule has 0 aromatic heterocycles. The minimum Gasteiger partial charge on any atom is -0.494 e. The topological polar surface area (TPSA) is 38.3 Å². The first-order valence-electron chi connectivity index (χ1n) is 8.18. The maximum absolute atomic E-state index is 11.7. The average molecular weight is 305 g/mol. The Morgan fingerprint density at radius 3 is 2.18 bits per heavy atom. The van der Waals surface area contributed by atoms with Crippen molar-refractivity contribution in [1.82, 2.24) is 5.32 Å². The lowest BCUT2D eigenvalue weighted by molar-refractivity contribution is -0.122. The van der Waals surface area contributed by atoms with E-state index in [4.69, 9.17) is 4.74 Å². The first-order chi connectivity index (χ1) is 10.1. The van der Waals surface area contributed by atoms with E-state index in [1.807, 2.05) is 32.9 Å². The molecule has 1 amide bonds. The third-order valence-electron chi connectivity index (χ3n) is 3.85. The largest absolute Gasteiger partial charge is 0.494 e. The molecule has 0 spiro atoms. The second kappa shape index (κ2) is 7.66. The van der Waals surface area contributed by atoms with Gasteiger partial charge in [-0.15, -0.1) is 0 Å². The third kappa shape index (κ3) is 6.50. The summed E-state index contributed by atoms with van der Waals surface area (Å²) < 4.78 is 5.71. The van der Waals surface area contributed by atoms with E-state index in [2.05, 4.69) is 38.2 Å². The van der Waals surface area contributed by atoms with Crippen molar-refractivity contribution in [2.75, 3.05) is 6.61 Å². The number of hydrogen-bond acceptors (Lipinski definition) is 2. The molecule has 0 heterocycles. The van der Waals surface area contributed by atoms with Crippen LogP contribution in [0.4, 0.5) is 0 Å². The Morgan fingerprint density at radius 1 is 1.09 bits per heavy atom. The Balaban J connectivity index is 2.36. The monoisotopic (exact) mass is 305 g/mol. The minimum atomic E-state index is -0.167. The second-order valence-electron chi connectivity index (χ2n) is 7.51. The summed E-state index contributed by atoms with van der Waals surface area (Å²) in [4.78, 5) is 11.7. The predicted molar refractivity (Wildman–Crippen MR) is 92.4 cm³/mol. The van der Waals surface area contributed by atoms with Crippen molar-refractivity contribution in [3.05, 3.63) is 29.8 Å². The van der Waals surface area contributed by atoms with E-state index in [-0.39, 0.29) is 16.9 Å². The molecule has 0 aliphatic rings. The number of rotatable bonds is 7. The van der Waals surface area contributed by atoms with Gasteiger partial charge in [-0.3, -0.25) is 4.79 Å². The summed E-state index contributed by atoms with van der Waals surface area (Å²) in [5.74, 6) is 0.947. The fourth-order valence-electron chi connectivity index (χ4n) is 2.11. The van der Waals surface area contributed by atoms with Gasteiger partial charge in [0.1, 0.15) is 5.75 Å². The maximum atomic E-state index is 11.7. The molecule has 1 rings (SSSR count). The minimum absolute atomic E-state index is 0.0798. The molecule has 3 heteroatoms. The summed E-state index contributed by atoms with van der Waals surface area (Å²) in [6, 6.07) is 8.29. The van der Waals surface area contributed by atoms with Crippen LogP contribution in [0.25, 0.3) is 0 Å². The highest BCUT2D eigenvalue weighted by atomic mass is 16.5. The van der Waals surface area contributed by atoms with Crippen LogP contribution in [0.1, 0.15) is 66.4 Å². The SMILES string of the molecule is CCC(C)(C)c1ccc(OCCCC(=O)NC(C)(C)C)cc1. The van der Waals surface area contributed by atoms with Crippen molar-refractivity contribution < 1.29 is 9.53 Å². The van der Waals surface area contributed by atoms with Gasteiger partial charge in [-0.2, -0.15) is 0 Å². The highest BCUT2D eigenvalue weighted by Crippen LogP contribution is 2.28. The number of carbonyl (C=O) groups is 1. The van der Waals surface area contributed by atoms with Crippen molar-refractivity contribution >= 4 is 5.91 Å². The summed E-state index contributed by atoms with van der Waals surface area (Å²) in [6.45, 7) is 13.2. The molecular formula is C19H31NO2. The Morgan fingerprint density at radius 2 is 1.68 bits per heavy atom. The molecule has 1 aromatic rings. The predicted octanol–water partition coefficient (Wildman–Crippen LogP) is 4.45. The van der Waals surface area contributed by atoms with Gasteiger partial charge < -0.3 is 10.1 Å². The molecule has 1 N–H and O–H groups in total. The van der Waals surface area contributed by atoms with Crippen LogP contribution in [0, 0.1) is 0 Å². The molecule has 3 nitrogen and oxygen atoms in total. The van der Waals surface area contributed by atoms with E-state index in [0.29, 0.717) is 13.0 Å². The summed E-state index contributed by atoms with van der Waals surface area (Å²) in [5, 5.41) is 2.95. The van der Waals surface area contributed by atoms with E-state index >= 15 is 0 Å². The number of benzene rings is 1. The highest BCUT2D eigenvalue weighted by Gasteiger charge is 2.17. The zero-order valence-corrected chi connectivity index (χ0v) is 15.0. The van der Waals surface area contributed by atoms with E-state index < -0.39 is 0 Å². The van der Waals surface area contributed by atoms with Crippen LogP contribution in [-0.2, 0) is 10.2 Å². The van der Waals surface area contributed by atoms with Gasteiger partial charge in [-0.05, 0) is 56.7 Å². The first kappa shape index (κ1) is 18.5. The standard InChI is InChI=1S/C19H31NO2/c1-7-19(5,6)15-10-12-16(13-11-15)22-14-8-9-17(21)20-18(2,3)4/h10-13H,7-9,14H2,1-6H3,(H,20,21). The number of carbonyl (C=O) groups excluding carboxylic acids is 1. The molecule has 0 saturated heterocycles. The van der Waals surface area contributed by atoms with Crippen LogP contribution in [0.2, 0.25) is 0 Å². The highest BCUT2D eigenvalue weighted by molar-refractivity contribution is 5.76. The smallest absolute Gasteiger partial charge is 0.220 e. The summed E-state index contributed by atoms with van der Waals surface area (Å²) >= 11 is 0. The van der Waals surface area contributed by atoms with Crippen LogP contribution >= 0.6 is 0 Å². The molecule has 0 aliphatic heterocycles. The molecule has 0 bridgehead atoms. The lowest BCUT2D eigenvalue weighted by Gasteiger charge is -2.23. The molecule has 124 valence electrons. The zero-order chi connectivity index (χ0) is 16.8. The molecule has 1 aromatic carbocycles. The maximum Gasteiger partial charge on any atom is 0.220 e. The normalized spacial score (nSPS) is 12.1. The van der Waals surface area contributed by atoms with Crippen molar-refractivity contribution in [2.45, 2.75) is 71.8 Å². The van der Waals surface area contributed by atoms with Crippen molar-refractivity contribution in [3.8, 4) is 5.75 Å². The van der Waals surface area contributed by atoms with Crippen LogP contribution < -0.4 is 10.1 Å². The van der Waals surface area contributed by atoms with Gasteiger partial charge in [0.05, 0.1) is 6.61 Å². The molecular weight excluding hydrogens is 274 g/mol. The Labute approximate surface area is 135 Å². The fraction of sp³-hybridized carbons (Fsp3) is 0.632. The molecule has 0 saturated carbocycles. The third-order valence-corrected chi connectivity index (χ3v) is 3.85. The van der Waals surface area contributed by atoms with Crippen LogP contribution in [0.15, 0.2) is 24.3 Å². The lowest BCUT2D eigenvalue weighted by atomic mass is 9.82. The second-order valence-corrected chi connectivity index (χ2v) is 7.51. The molecule has 0 atom stereocenters. The lowest BCUT2D eigenvalue weighted by Crippen LogP contribution is -2.40. The van der Waals surface area contributed by atoms with Crippen LogP contribution in [0.3, 0.4) is 0 Å². The zero-order valence-electron chi connectivity index (χ0n) is 15.0. The summed E-state index contributed by atoms with van der Waals surface area (Å²) in [5.41, 5.74) is 1.36. The van der Waals surface area contributed by atoms with Gasteiger partial charge in [0.2, 0.25) is 5.91 Å². The Hall–Kier alpha value is -1.51.